The maximum atomic E-state index is 12.7. The summed E-state index contributed by atoms with van der Waals surface area (Å²) in [6.07, 6.45) is -1.09. The van der Waals surface area contributed by atoms with E-state index in [0.717, 1.165) is 0 Å². The fourth-order valence-electron chi connectivity index (χ4n) is 3.09. The predicted molar refractivity (Wildman–Crippen MR) is 108 cm³/mol. The summed E-state index contributed by atoms with van der Waals surface area (Å²) in [7, 11) is 0. The number of carbonyl (C=O) groups excluding carboxylic acids is 2. The lowest BCUT2D eigenvalue weighted by atomic mass is 10.1. The second-order valence-electron chi connectivity index (χ2n) is 6.62. The number of aromatic nitrogens is 2. The Kier molecular flexibility index (Phi) is 5.09. The molecule has 1 N–H and O–H groups in total. The second kappa shape index (κ2) is 7.86. The third-order valence-electron chi connectivity index (χ3n) is 4.65. The maximum Gasteiger partial charge on any atom is 0.360 e. The first-order valence-electron chi connectivity index (χ1n) is 9.39. The van der Waals surface area contributed by atoms with Crippen LogP contribution in [0.15, 0.2) is 47.3 Å². The van der Waals surface area contributed by atoms with Crippen molar-refractivity contribution < 1.29 is 23.8 Å². The summed E-state index contributed by atoms with van der Waals surface area (Å²) in [6.45, 7) is 3.63. The molecule has 154 valence electrons. The van der Waals surface area contributed by atoms with Crippen LogP contribution in [0, 0.1) is 0 Å². The highest BCUT2D eigenvalue weighted by molar-refractivity contribution is 6.03. The number of aryl methyl sites for hydroxylation is 1. The molecule has 1 aliphatic heterocycles. The van der Waals surface area contributed by atoms with Crippen molar-refractivity contribution in [2.75, 3.05) is 12.1 Å². The minimum atomic E-state index is -1.09. The third-order valence-corrected chi connectivity index (χ3v) is 4.65. The molecule has 0 bridgehead atoms. The third kappa shape index (κ3) is 3.57. The number of ether oxygens (including phenoxy) is 3. The Balaban J connectivity index is 1.53. The zero-order chi connectivity index (χ0) is 21.3. The van der Waals surface area contributed by atoms with Crippen molar-refractivity contribution in [3.63, 3.8) is 0 Å². The number of hydrogen-bond donors (Lipinski definition) is 1. The summed E-state index contributed by atoms with van der Waals surface area (Å²) >= 11 is 0. The minimum absolute atomic E-state index is 0.0187. The van der Waals surface area contributed by atoms with Gasteiger partial charge in [-0.1, -0.05) is 18.2 Å². The largest absolute Gasteiger partial charge is 0.454 e. The van der Waals surface area contributed by atoms with Crippen LogP contribution < -0.4 is 20.3 Å². The van der Waals surface area contributed by atoms with E-state index in [2.05, 4.69) is 10.4 Å². The lowest BCUT2D eigenvalue weighted by Gasteiger charge is -2.15. The Labute approximate surface area is 171 Å². The molecule has 9 heteroatoms. The standard InChI is InChI=1S/C21H19N3O6/c1-3-24-20(26)15-7-5-4-6-14(15)18(23-24)21(27)30-12(2)19(25)22-13-8-9-16-17(10-13)29-11-28-16/h4-10,12H,3,11H2,1-2H3,(H,22,25). The molecular formula is C21H19N3O6. The summed E-state index contributed by atoms with van der Waals surface area (Å²) in [5.41, 5.74) is 0.170. The molecule has 0 spiro atoms. The van der Waals surface area contributed by atoms with Gasteiger partial charge < -0.3 is 19.5 Å². The fraction of sp³-hybridized carbons (Fsp3) is 0.238. The van der Waals surface area contributed by atoms with Crippen LogP contribution in [-0.4, -0.2) is 34.6 Å². The van der Waals surface area contributed by atoms with Gasteiger partial charge in [-0.15, -0.1) is 0 Å². The van der Waals surface area contributed by atoms with E-state index in [1.807, 2.05) is 0 Å². The van der Waals surface area contributed by atoms with Crippen LogP contribution in [-0.2, 0) is 16.1 Å². The van der Waals surface area contributed by atoms with E-state index in [0.29, 0.717) is 34.5 Å². The Morgan fingerprint density at radius 1 is 1.17 bits per heavy atom. The SMILES string of the molecule is CCn1nc(C(=O)OC(C)C(=O)Nc2ccc3c(c2)OCO3)c2ccccc2c1=O. The number of fused-ring (bicyclic) bond motifs is 2. The van der Waals surface area contributed by atoms with Gasteiger partial charge in [0.25, 0.3) is 11.5 Å². The highest BCUT2D eigenvalue weighted by Crippen LogP contribution is 2.34. The van der Waals surface area contributed by atoms with Gasteiger partial charge in [0.1, 0.15) is 0 Å². The molecule has 1 aliphatic rings. The fourth-order valence-corrected chi connectivity index (χ4v) is 3.09. The van der Waals surface area contributed by atoms with Crippen LogP contribution in [0.25, 0.3) is 10.8 Å². The summed E-state index contributed by atoms with van der Waals surface area (Å²) in [4.78, 5) is 37.6. The lowest BCUT2D eigenvalue weighted by molar-refractivity contribution is -0.123. The first-order chi connectivity index (χ1) is 14.5. The molecule has 30 heavy (non-hydrogen) atoms. The van der Waals surface area contributed by atoms with Crippen LogP contribution >= 0.6 is 0 Å². The Morgan fingerprint density at radius 2 is 1.90 bits per heavy atom. The number of nitrogens with one attached hydrogen (secondary N) is 1. The van der Waals surface area contributed by atoms with Gasteiger partial charge >= 0.3 is 5.97 Å². The minimum Gasteiger partial charge on any atom is -0.454 e. The molecule has 2 heterocycles. The van der Waals surface area contributed by atoms with Crippen LogP contribution in [0.1, 0.15) is 24.3 Å². The molecule has 0 aliphatic carbocycles. The van der Waals surface area contributed by atoms with Crippen molar-refractivity contribution >= 4 is 28.3 Å². The maximum absolute atomic E-state index is 12.7. The van der Waals surface area contributed by atoms with Crippen molar-refractivity contribution in [1.82, 2.24) is 9.78 Å². The quantitative estimate of drug-likeness (QED) is 0.644. The molecule has 3 aromatic rings. The van der Waals surface area contributed by atoms with E-state index in [1.165, 1.54) is 11.6 Å². The second-order valence-corrected chi connectivity index (χ2v) is 6.62. The van der Waals surface area contributed by atoms with E-state index in [4.69, 9.17) is 14.2 Å². The molecule has 0 saturated heterocycles. The number of nitrogens with zero attached hydrogens (tertiary/aromatic N) is 2. The van der Waals surface area contributed by atoms with Gasteiger partial charge in [0, 0.05) is 23.7 Å². The van der Waals surface area contributed by atoms with Gasteiger partial charge in [-0.05, 0) is 32.0 Å². The van der Waals surface area contributed by atoms with Crippen molar-refractivity contribution in [2.24, 2.45) is 0 Å². The average Bonchev–Trinajstić information content (AvgIpc) is 3.22. The van der Waals surface area contributed by atoms with E-state index in [9.17, 15) is 14.4 Å². The first kappa shape index (κ1) is 19.4. The number of anilines is 1. The molecule has 1 amide bonds. The van der Waals surface area contributed by atoms with Crippen LogP contribution in [0.4, 0.5) is 5.69 Å². The molecule has 1 aromatic heterocycles. The molecule has 0 fully saturated rings. The Morgan fingerprint density at radius 3 is 2.67 bits per heavy atom. The van der Waals surface area contributed by atoms with Gasteiger partial charge in [0.15, 0.2) is 23.3 Å². The molecule has 2 aromatic carbocycles. The number of benzene rings is 2. The van der Waals surface area contributed by atoms with E-state index < -0.39 is 18.0 Å². The van der Waals surface area contributed by atoms with Gasteiger partial charge in [-0.2, -0.15) is 5.10 Å². The van der Waals surface area contributed by atoms with E-state index in [1.54, 1.807) is 49.4 Å². The summed E-state index contributed by atoms with van der Waals surface area (Å²) in [6, 6.07) is 11.6. The van der Waals surface area contributed by atoms with Crippen molar-refractivity contribution in [2.45, 2.75) is 26.5 Å². The zero-order valence-corrected chi connectivity index (χ0v) is 16.4. The Hall–Kier alpha value is -3.88. The normalized spacial score (nSPS) is 13.1. The topological polar surface area (TPSA) is 109 Å². The highest BCUT2D eigenvalue weighted by atomic mass is 16.7. The number of esters is 1. The van der Waals surface area contributed by atoms with Crippen LogP contribution in [0.2, 0.25) is 0 Å². The van der Waals surface area contributed by atoms with Gasteiger partial charge in [0.2, 0.25) is 6.79 Å². The van der Waals surface area contributed by atoms with Gasteiger partial charge in [-0.3, -0.25) is 9.59 Å². The number of carbonyl (C=O) groups is 2. The molecule has 4 rings (SSSR count). The smallest absolute Gasteiger partial charge is 0.360 e. The predicted octanol–water partition coefficient (Wildman–Crippen LogP) is 2.33. The van der Waals surface area contributed by atoms with E-state index >= 15 is 0 Å². The molecular weight excluding hydrogens is 390 g/mol. The molecule has 0 saturated carbocycles. The van der Waals surface area contributed by atoms with Gasteiger partial charge in [0.05, 0.1) is 5.39 Å². The molecule has 1 unspecified atom stereocenters. The Bertz CT molecular complexity index is 1200. The number of rotatable bonds is 5. The van der Waals surface area contributed by atoms with Gasteiger partial charge in [-0.25, -0.2) is 9.48 Å². The number of amides is 1. The summed E-state index contributed by atoms with van der Waals surface area (Å²) in [5, 5.41) is 7.53. The molecule has 1 atom stereocenters. The molecule has 0 radical (unpaired) electrons. The summed E-state index contributed by atoms with van der Waals surface area (Å²) < 4.78 is 17.0. The zero-order valence-electron chi connectivity index (χ0n) is 16.4. The van der Waals surface area contributed by atoms with Crippen molar-refractivity contribution in [1.29, 1.82) is 0 Å². The average molecular weight is 409 g/mol. The lowest BCUT2D eigenvalue weighted by Crippen LogP contribution is -2.31. The monoisotopic (exact) mass is 409 g/mol. The molecule has 9 nitrogen and oxygen atoms in total. The first-order valence-corrected chi connectivity index (χ1v) is 9.39. The van der Waals surface area contributed by atoms with Crippen molar-refractivity contribution in [3.8, 4) is 11.5 Å². The van der Waals surface area contributed by atoms with E-state index in [-0.39, 0.29) is 18.0 Å². The van der Waals surface area contributed by atoms with Crippen LogP contribution in [0.3, 0.4) is 0 Å². The highest BCUT2D eigenvalue weighted by Gasteiger charge is 2.24. The van der Waals surface area contributed by atoms with Crippen LogP contribution in [0.5, 0.6) is 11.5 Å². The number of hydrogen-bond acceptors (Lipinski definition) is 7. The summed E-state index contributed by atoms with van der Waals surface area (Å²) in [5.74, 6) is -0.191. The van der Waals surface area contributed by atoms with Crippen molar-refractivity contribution in [3.05, 3.63) is 58.5 Å².